The first-order valence-electron chi connectivity index (χ1n) is 11.5. The molecule has 0 bridgehead atoms. The van der Waals surface area contributed by atoms with E-state index >= 15 is 0 Å². The molecule has 0 rings (SSSR count). The molecule has 158 valence electrons. The van der Waals surface area contributed by atoms with Gasteiger partial charge in [0, 0.05) is 12.3 Å². The predicted octanol–water partition coefficient (Wildman–Crippen LogP) is 8.75. The first-order valence-corrected chi connectivity index (χ1v) is 12.0. The van der Waals surface area contributed by atoms with Crippen molar-refractivity contribution in [2.45, 2.75) is 136 Å². The minimum Gasteiger partial charge on any atom is -0.481 e. The molecule has 0 radical (unpaired) electrons. The van der Waals surface area contributed by atoms with Crippen LogP contribution in [0.4, 0.5) is 0 Å². The fourth-order valence-corrected chi connectivity index (χ4v) is 3.18. The van der Waals surface area contributed by atoms with Crippen molar-refractivity contribution in [1.29, 1.82) is 0 Å². The zero-order valence-corrected chi connectivity index (χ0v) is 18.6. The van der Waals surface area contributed by atoms with Gasteiger partial charge in [0.25, 0.3) is 0 Å². The number of rotatable bonds is 19. The normalized spacial score (nSPS) is 10.4. The molecule has 1 N–H and O–H groups in total. The molecule has 2 nitrogen and oxygen atoms in total. The van der Waals surface area contributed by atoms with E-state index in [0.717, 1.165) is 18.7 Å². The van der Waals surface area contributed by atoms with Crippen LogP contribution in [0.3, 0.4) is 0 Å². The summed E-state index contributed by atoms with van der Waals surface area (Å²) >= 11 is 5.38. The van der Waals surface area contributed by atoms with E-state index in [1.807, 2.05) is 0 Å². The summed E-state index contributed by atoms with van der Waals surface area (Å²) in [5.74, 6) is 0.174. The fourth-order valence-electron chi connectivity index (χ4n) is 2.99. The lowest BCUT2D eigenvalue weighted by atomic mass is 10.0. The molecule has 0 aromatic rings. The number of alkyl halides is 1. The highest BCUT2D eigenvalue weighted by atomic mass is 35.5. The van der Waals surface area contributed by atoms with Crippen LogP contribution in [0, 0.1) is 0 Å². The maximum absolute atomic E-state index is 10.3. The Kier molecular flexibility index (Phi) is 29.0. The Bertz CT molecular complexity index is 253. The predicted molar refractivity (Wildman–Crippen MR) is 117 cm³/mol. The van der Waals surface area contributed by atoms with Gasteiger partial charge in [-0.3, -0.25) is 4.79 Å². The fraction of sp³-hybridized carbons (Fsp3) is 0.957. The van der Waals surface area contributed by atoms with Gasteiger partial charge in [0.1, 0.15) is 0 Å². The zero-order chi connectivity index (χ0) is 19.7. The summed E-state index contributed by atoms with van der Waals surface area (Å²) < 4.78 is 0. The topological polar surface area (TPSA) is 37.3 Å². The third-order valence-electron chi connectivity index (χ3n) is 4.73. The van der Waals surface area contributed by atoms with Gasteiger partial charge in [0.05, 0.1) is 0 Å². The molecule has 0 aliphatic carbocycles. The molecule has 0 aromatic carbocycles. The van der Waals surface area contributed by atoms with Gasteiger partial charge in [0.2, 0.25) is 0 Å². The molecule has 0 unspecified atom stereocenters. The molecule has 0 fully saturated rings. The monoisotopic (exact) mass is 390 g/mol. The van der Waals surface area contributed by atoms with Crippen LogP contribution >= 0.6 is 11.6 Å². The standard InChI is InChI=1S/C18H36O2.C5H11Cl/c1-2-3-4-5-6-7-8-9-10-11-12-13-14-15-16-17-18(19)20;1-2-3-4-5-6/h2-17H2,1H3,(H,19,20);2-5H2,1H3. The summed E-state index contributed by atoms with van der Waals surface area (Å²) in [6.07, 6.45) is 23.9. The van der Waals surface area contributed by atoms with Crippen LogP contribution in [0.15, 0.2) is 0 Å². The van der Waals surface area contributed by atoms with Crippen LogP contribution in [0.1, 0.15) is 136 Å². The smallest absolute Gasteiger partial charge is 0.303 e. The third kappa shape index (κ3) is 31.5. The average Bonchev–Trinajstić information content (AvgIpc) is 2.63. The van der Waals surface area contributed by atoms with E-state index in [4.69, 9.17) is 16.7 Å². The van der Waals surface area contributed by atoms with Gasteiger partial charge in [0.15, 0.2) is 0 Å². The van der Waals surface area contributed by atoms with E-state index < -0.39 is 5.97 Å². The quantitative estimate of drug-likeness (QED) is 0.177. The number of halogens is 1. The number of unbranched alkanes of at least 4 members (excludes halogenated alkanes) is 16. The highest BCUT2D eigenvalue weighted by Gasteiger charge is 1.97. The van der Waals surface area contributed by atoms with Crippen LogP contribution in [-0.2, 0) is 4.79 Å². The van der Waals surface area contributed by atoms with E-state index in [1.54, 1.807) is 0 Å². The maximum atomic E-state index is 10.3. The van der Waals surface area contributed by atoms with E-state index in [1.165, 1.54) is 103 Å². The SMILES string of the molecule is CCCCCCCCCCCCCCCCCC(=O)O.CCCCCCl. The van der Waals surface area contributed by atoms with Gasteiger partial charge < -0.3 is 5.11 Å². The lowest BCUT2D eigenvalue weighted by Gasteiger charge is -2.03. The second-order valence-electron chi connectivity index (χ2n) is 7.49. The van der Waals surface area contributed by atoms with Gasteiger partial charge in [-0.15, -0.1) is 11.6 Å². The van der Waals surface area contributed by atoms with Crippen molar-refractivity contribution >= 4 is 17.6 Å². The van der Waals surface area contributed by atoms with E-state index in [-0.39, 0.29) is 0 Å². The molecular formula is C23H47ClO2. The first kappa shape index (κ1) is 28.0. The second-order valence-corrected chi connectivity index (χ2v) is 7.87. The maximum Gasteiger partial charge on any atom is 0.303 e. The van der Waals surface area contributed by atoms with E-state index in [0.29, 0.717) is 6.42 Å². The number of carboxylic acids is 1. The first-order chi connectivity index (χ1) is 12.7. The van der Waals surface area contributed by atoms with Crippen LogP contribution < -0.4 is 0 Å². The molecule has 0 amide bonds. The van der Waals surface area contributed by atoms with Crippen molar-refractivity contribution in [3.8, 4) is 0 Å². The van der Waals surface area contributed by atoms with Gasteiger partial charge in [-0.25, -0.2) is 0 Å². The van der Waals surface area contributed by atoms with Gasteiger partial charge in [-0.2, -0.15) is 0 Å². The molecule has 3 heteroatoms. The van der Waals surface area contributed by atoms with Crippen molar-refractivity contribution in [3.05, 3.63) is 0 Å². The summed E-state index contributed by atoms with van der Waals surface area (Å²) in [4.78, 5) is 10.3. The highest BCUT2D eigenvalue weighted by molar-refractivity contribution is 6.17. The minimum absolute atomic E-state index is 0.345. The minimum atomic E-state index is -0.653. The Morgan fingerprint density at radius 2 is 0.885 bits per heavy atom. The Morgan fingerprint density at radius 1 is 0.577 bits per heavy atom. The number of carbonyl (C=O) groups is 1. The number of aliphatic carboxylic acids is 1. The summed E-state index contributed by atoms with van der Waals surface area (Å²) in [6.45, 7) is 4.44. The number of hydrogen-bond donors (Lipinski definition) is 1. The second kappa shape index (κ2) is 27.0. The summed E-state index contributed by atoms with van der Waals surface area (Å²) in [6, 6.07) is 0. The molecular weight excluding hydrogens is 344 g/mol. The number of hydrogen-bond acceptors (Lipinski definition) is 1. The molecule has 0 heterocycles. The lowest BCUT2D eigenvalue weighted by Crippen LogP contribution is -1.93. The molecule has 0 atom stereocenters. The van der Waals surface area contributed by atoms with Crippen LogP contribution in [-0.4, -0.2) is 17.0 Å². The summed E-state index contributed by atoms with van der Waals surface area (Å²) in [5.41, 5.74) is 0. The Hall–Kier alpha value is -0.240. The van der Waals surface area contributed by atoms with Crippen molar-refractivity contribution in [2.24, 2.45) is 0 Å². The Morgan fingerprint density at radius 3 is 1.15 bits per heavy atom. The van der Waals surface area contributed by atoms with Crippen molar-refractivity contribution in [2.75, 3.05) is 5.88 Å². The van der Waals surface area contributed by atoms with Crippen molar-refractivity contribution in [3.63, 3.8) is 0 Å². The van der Waals surface area contributed by atoms with Crippen LogP contribution in [0.5, 0.6) is 0 Å². The average molecular weight is 391 g/mol. The van der Waals surface area contributed by atoms with Crippen molar-refractivity contribution in [1.82, 2.24) is 0 Å². The van der Waals surface area contributed by atoms with Crippen LogP contribution in [0.25, 0.3) is 0 Å². The molecule has 0 saturated heterocycles. The van der Waals surface area contributed by atoms with E-state index in [9.17, 15) is 4.79 Å². The third-order valence-corrected chi connectivity index (χ3v) is 5.00. The Labute approximate surface area is 169 Å². The van der Waals surface area contributed by atoms with Gasteiger partial charge >= 0.3 is 5.97 Å². The molecule has 0 aromatic heterocycles. The summed E-state index contributed by atoms with van der Waals surface area (Å²) in [7, 11) is 0. The van der Waals surface area contributed by atoms with Gasteiger partial charge in [-0.1, -0.05) is 117 Å². The van der Waals surface area contributed by atoms with Gasteiger partial charge in [-0.05, 0) is 12.8 Å². The largest absolute Gasteiger partial charge is 0.481 e. The molecule has 0 aliphatic rings. The Balaban J connectivity index is 0. The van der Waals surface area contributed by atoms with Crippen LogP contribution in [0.2, 0.25) is 0 Å². The molecule has 26 heavy (non-hydrogen) atoms. The molecule has 0 spiro atoms. The number of carboxylic acid groups (broad SMARTS) is 1. The highest BCUT2D eigenvalue weighted by Crippen LogP contribution is 2.13. The summed E-state index contributed by atoms with van der Waals surface area (Å²) in [5, 5.41) is 8.52. The molecule has 0 aliphatic heterocycles. The molecule has 0 saturated carbocycles. The van der Waals surface area contributed by atoms with Crippen molar-refractivity contribution < 1.29 is 9.90 Å². The lowest BCUT2D eigenvalue weighted by molar-refractivity contribution is -0.137. The van der Waals surface area contributed by atoms with E-state index in [2.05, 4.69) is 13.8 Å². The zero-order valence-electron chi connectivity index (χ0n) is 17.9.